The molecule has 0 atom stereocenters. The number of pyridine rings is 1. The van der Waals surface area contributed by atoms with E-state index in [0.29, 0.717) is 26.1 Å². The molecule has 1 aromatic rings. The molecule has 2 aliphatic heterocycles. The number of carbonyl (C=O) groups excluding carboxylic acids is 2. The Bertz CT molecular complexity index is 702. The molecule has 6 heteroatoms. The third kappa shape index (κ3) is 3.67. The fourth-order valence-corrected chi connectivity index (χ4v) is 3.67. The molecule has 3 heterocycles. The van der Waals surface area contributed by atoms with Crippen LogP contribution in [0.1, 0.15) is 43.6 Å². The van der Waals surface area contributed by atoms with E-state index in [9.17, 15) is 14.7 Å². The Morgan fingerprint density at radius 1 is 1.36 bits per heavy atom. The first kappa shape index (κ1) is 17.5. The van der Waals surface area contributed by atoms with Crippen LogP contribution in [-0.4, -0.2) is 57.9 Å². The topological polar surface area (TPSA) is 73.7 Å². The van der Waals surface area contributed by atoms with Crippen molar-refractivity contribution >= 4 is 11.8 Å². The summed E-state index contributed by atoms with van der Waals surface area (Å²) < 4.78 is 0. The van der Waals surface area contributed by atoms with Gasteiger partial charge in [-0.1, -0.05) is 11.6 Å². The van der Waals surface area contributed by atoms with Crippen LogP contribution in [0.15, 0.2) is 30.0 Å². The van der Waals surface area contributed by atoms with Crippen LogP contribution < -0.4 is 0 Å². The highest BCUT2D eigenvalue weighted by Crippen LogP contribution is 2.41. The maximum Gasteiger partial charge on any atom is 0.276 e. The number of amides is 2. The smallest absolute Gasteiger partial charge is 0.276 e. The molecule has 0 radical (unpaired) electrons. The quantitative estimate of drug-likeness (QED) is 0.854. The van der Waals surface area contributed by atoms with Gasteiger partial charge >= 0.3 is 0 Å². The molecule has 134 valence electrons. The number of nitrogens with zero attached hydrogens (tertiary/aromatic N) is 3. The predicted octanol–water partition coefficient (Wildman–Crippen LogP) is 2.21. The summed E-state index contributed by atoms with van der Waals surface area (Å²) in [6, 6.07) is 3.07. The van der Waals surface area contributed by atoms with Gasteiger partial charge in [-0.05, 0) is 38.8 Å². The third-order valence-electron chi connectivity index (χ3n) is 5.23. The summed E-state index contributed by atoms with van der Waals surface area (Å²) in [5.41, 5.74) is 1.30. The highest BCUT2D eigenvalue weighted by Gasteiger charge is 2.45. The average Bonchev–Trinajstić information content (AvgIpc) is 2.89. The largest absolute Gasteiger partial charge is 0.505 e. The molecule has 25 heavy (non-hydrogen) atoms. The molecule has 0 bridgehead atoms. The van der Waals surface area contributed by atoms with Gasteiger partial charge in [0.1, 0.15) is 5.75 Å². The van der Waals surface area contributed by atoms with Crippen molar-refractivity contribution in [2.75, 3.05) is 26.2 Å². The first-order valence-electron chi connectivity index (χ1n) is 8.75. The summed E-state index contributed by atoms with van der Waals surface area (Å²) >= 11 is 0. The van der Waals surface area contributed by atoms with Crippen molar-refractivity contribution in [2.24, 2.45) is 5.41 Å². The van der Waals surface area contributed by atoms with E-state index in [1.54, 1.807) is 11.0 Å². The number of aromatic nitrogens is 1. The number of hydrogen-bond acceptors (Lipinski definition) is 4. The van der Waals surface area contributed by atoms with Crippen molar-refractivity contribution in [2.45, 2.75) is 33.1 Å². The van der Waals surface area contributed by atoms with Crippen LogP contribution in [0.3, 0.4) is 0 Å². The lowest BCUT2D eigenvalue weighted by Crippen LogP contribution is -2.44. The van der Waals surface area contributed by atoms with Gasteiger partial charge < -0.3 is 14.9 Å². The Morgan fingerprint density at radius 3 is 2.72 bits per heavy atom. The van der Waals surface area contributed by atoms with Crippen LogP contribution in [0.5, 0.6) is 5.75 Å². The normalized spacial score (nSPS) is 19.4. The van der Waals surface area contributed by atoms with Crippen LogP contribution in [0.4, 0.5) is 0 Å². The molecule has 2 fully saturated rings. The van der Waals surface area contributed by atoms with Gasteiger partial charge in [-0.3, -0.25) is 9.59 Å². The number of hydrogen-bond donors (Lipinski definition) is 1. The number of rotatable bonds is 3. The van der Waals surface area contributed by atoms with Gasteiger partial charge in [-0.2, -0.15) is 0 Å². The second-order valence-electron chi connectivity index (χ2n) is 7.40. The van der Waals surface area contributed by atoms with Crippen molar-refractivity contribution in [3.8, 4) is 5.75 Å². The van der Waals surface area contributed by atoms with E-state index in [-0.39, 0.29) is 28.7 Å². The molecule has 3 rings (SSSR count). The van der Waals surface area contributed by atoms with Gasteiger partial charge in [0, 0.05) is 44.2 Å². The van der Waals surface area contributed by atoms with Gasteiger partial charge in [0.15, 0.2) is 5.69 Å². The zero-order valence-corrected chi connectivity index (χ0v) is 14.9. The fourth-order valence-electron chi connectivity index (χ4n) is 3.67. The zero-order chi connectivity index (χ0) is 18.0. The highest BCUT2D eigenvalue weighted by molar-refractivity contribution is 5.94. The highest BCUT2D eigenvalue weighted by atomic mass is 16.3. The van der Waals surface area contributed by atoms with Gasteiger partial charge in [0.05, 0.1) is 0 Å². The summed E-state index contributed by atoms with van der Waals surface area (Å²) in [5, 5.41) is 9.82. The summed E-state index contributed by atoms with van der Waals surface area (Å²) in [4.78, 5) is 32.5. The first-order valence-corrected chi connectivity index (χ1v) is 8.75. The lowest BCUT2D eigenvalue weighted by molar-refractivity contribution is -0.127. The maximum absolute atomic E-state index is 12.5. The number of likely N-dealkylation sites (tertiary alicyclic amines) is 2. The van der Waals surface area contributed by atoms with Crippen LogP contribution in [0.25, 0.3) is 0 Å². The minimum Gasteiger partial charge on any atom is -0.505 e. The number of carbonyl (C=O) groups is 2. The first-order chi connectivity index (χ1) is 11.9. The van der Waals surface area contributed by atoms with Crippen LogP contribution in [0, 0.1) is 5.41 Å². The molecule has 6 nitrogen and oxygen atoms in total. The molecule has 0 unspecified atom stereocenters. The summed E-state index contributed by atoms with van der Waals surface area (Å²) in [6.45, 7) is 6.71. The van der Waals surface area contributed by atoms with E-state index in [2.05, 4.69) is 11.1 Å². The lowest BCUT2D eigenvalue weighted by atomic mass is 9.77. The summed E-state index contributed by atoms with van der Waals surface area (Å²) in [5.74, 6) is -0.116. The molecule has 0 aromatic carbocycles. The van der Waals surface area contributed by atoms with Crippen LogP contribution in [0.2, 0.25) is 0 Å². The van der Waals surface area contributed by atoms with Crippen molar-refractivity contribution < 1.29 is 14.7 Å². The summed E-state index contributed by atoms with van der Waals surface area (Å²) in [6.07, 6.45) is 5.78. The van der Waals surface area contributed by atoms with Gasteiger partial charge in [0.2, 0.25) is 5.91 Å². The van der Waals surface area contributed by atoms with Gasteiger partial charge in [-0.15, -0.1) is 0 Å². The Kier molecular flexibility index (Phi) is 4.79. The fraction of sp³-hybridized carbons (Fsp3) is 0.526. The number of aromatic hydroxyl groups is 1. The molecule has 0 aliphatic carbocycles. The Balaban J connectivity index is 1.62. The van der Waals surface area contributed by atoms with Crippen LogP contribution >= 0.6 is 0 Å². The standard InChI is InChI=1S/C19H25N3O3/c1-14(2)5-9-22-13-19(12-16(22)24)6-10-21(11-7-19)18(25)17-15(23)4-3-8-20-17/h3-5,8,23H,6-7,9-13H2,1-2H3. The minimum absolute atomic E-state index is 0.0183. The number of piperidine rings is 1. The maximum atomic E-state index is 12.5. The van der Waals surface area contributed by atoms with E-state index in [4.69, 9.17) is 0 Å². The molecule has 2 amide bonds. The van der Waals surface area contributed by atoms with E-state index in [1.165, 1.54) is 17.8 Å². The molecular formula is C19H25N3O3. The number of allylic oxidation sites excluding steroid dienone is 1. The predicted molar refractivity (Wildman–Crippen MR) is 94.1 cm³/mol. The Morgan fingerprint density at radius 2 is 2.08 bits per heavy atom. The molecule has 2 aliphatic rings. The third-order valence-corrected chi connectivity index (χ3v) is 5.23. The molecule has 2 saturated heterocycles. The molecule has 0 saturated carbocycles. The monoisotopic (exact) mass is 343 g/mol. The van der Waals surface area contributed by atoms with E-state index in [0.717, 1.165) is 19.4 Å². The SMILES string of the molecule is CC(C)=CCN1CC2(CCN(C(=O)c3ncccc3O)CC2)CC1=O. The van der Waals surface area contributed by atoms with E-state index < -0.39 is 0 Å². The zero-order valence-electron chi connectivity index (χ0n) is 14.9. The molecular weight excluding hydrogens is 318 g/mol. The van der Waals surface area contributed by atoms with Crippen LogP contribution in [-0.2, 0) is 4.79 Å². The van der Waals surface area contributed by atoms with Gasteiger partial charge in [0.25, 0.3) is 5.91 Å². The van der Waals surface area contributed by atoms with Crippen molar-refractivity contribution in [3.05, 3.63) is 35.7 Å². The van der Waals surface area contributed by atoms with Crippen molar-refractivity contribution in [1.29, 1.82) is 0 Å². The second kappa shape index (κ2) is 6.86. The Labute approximate surface area is 148 Å². The van der Waals surface area contributed by atoms with E-state index in [1.807, 2.05) is 18.7 Å². The minimum atomic E-state index is -0.237. The van der Waals surface area contributed by atoms with Gasteiger partial charge in [-0.25, -0.2) is 4.98 Å². The molecule has 1 aromatic heterocycles. The Hall–Kier alpha value is -2.37. The van der Waals surface area contributed by atoms with Crippen molar-refractivity contribution in [3.63, 3.8) is 0 Å². The molecule has 1 N–H and O–H groups in total. The average molecular weight is 343 g/mol. The second-order valence-corrected chi connectivity index (χ2v) is 7.40. The molecule has 1 spiro atoms. The lowest BCUT2D eigenvalue weighted by Gasteiger charge is -2.38. The van der Waals surface area contributed by atoms with E-state index >= 15 is 0 Å². The summed E-state index contributed by atoms with van der Waals surface area (Å²) in [7, 11) is 0. The van der Waals surface area contributed by atoms with Crippen molar-refractivity contribution in [1.82, 2.24) is 14.8 Å².